The molecule has 3 rings (SSSR count). The minimum absolute atomic E-state index is 0.00445. The van der Waals surface area contributed by atoms with Crippen LogP contribution in [0.5, 0.6) is 0 Å². The van der Waals surface area contributed by atoms with Gasteiger partial charge < -0.3 is 20.3 Å². The number of rotatable bonds is 8. The van der Waals surface area contributed by atoms with Gasteiger partial charge in [-0.25, -0.2) is 0 Å². The molecule has 158 valence electrons. The van der Waals surface area contributed by atoms with Gasteiger partial charge in [0.25, 0.3) is 5.91 Å². The second-order valence-electron chi connectivity index (χ2n) is 8.04. The minimum Gasteiger partial charge on any atom is -0.383 e. The Morgan fingerprint density at radius 2 is 1.76 bits per heavy atom. The van der Waals surface area contributed by atoms with Crippen LogP contribution in [-0.2, 0) is 14.3 Å². The van der Waals surface area contributed by atoms with E-state index in [9.17, 15) is 14.4 Å². The van der Waals surface area contributed by atoms with Gasteiger partial charge in [-0.15, -0.1) is 0 Å². The summed E-state index contributed by atoms with van der Waals surface area (Å²) in [7, 11) is 1.58. The van der Waals surface area contributed by atoms with Crippen LogP contribution >= 0.6 is 0 Å². The number of carbonyl (C=O) groups excluding carboxylic acids is 3. The van der Waals surface area contributed by atoms with Gasteiger partial charge in [-0.2, -0.15) is 0 Å². The first-order valence-electron chi connectivity index (χ1n) is 10.4. The molecule has 7 nitrogen and oxygen atoms in total. The SMILES string of the molecule is COCCNC(=O)C(NC(=O)c1ccc(C)cc1)C1CCN(C(=O)C2CC2)CC1. The number of carbonyl (C=O) groups is 3. The lowest BCUT2D eigenvalue weighted by Gasteiger charge is -2.36. The van der Waals surface area contributed by atoms with Gasteiger partial charge in [0.2, 0.25) is 11.8 Å². The normalized spacial score (nSPS) is 18.2. The van der Waals surface area contributed by atoms with Gasteiger partial charge in [-0.3, -0.25) is 14.4 Å². The van der Waals surface area contributed by atoms with Crippen molar-refractivity contribution in [3.05, 3.63) is 35.4 Å². The van der Waals surface area contributed by atoms with Crippen molar-refractivity contribution in [2.24, 2.45) is 11.8 Å². The second kappa shape index (κ2) is 9.87. The van der Waals surface area contributed by atoms with Crippen LogP contribution < -0.4 is 10.6 Å². The Labute approximate surface area is 172 Å². The van der Waals surface area contributed by atoms with Gasteiger partial charge in [-0.1, -0.05) is 17.7 Å². The molecule has 29 heavy (non-hydrogen) atoms. The fourth-order valence-corrected chi connectivity index (χ4v) is 3.75. The number of hydrogen-bond acceptors (Lipinski definition) is 4. The average molecular weight is 402 g/mol. The van der Waals surface area contributed by atoms with Gasteiger partial charge in [0.15, 0.2) is 0 Å². The molecule has 2 fully saturated rings. The number of piperidine rings is 1. The number of aryl methyl sites for hydroxylation is 1. The van der Waals surface area contributed by atoms with Crippen LogP contribution in [0.4, 0.5) is 0 Å². The van der Waals surface area contributed by atoms with E-state index in [0.29, 0.717) is 44.6 Å². The third kappa shape index (κ3) is 5.79. The number of benzene rings is 1. The highest BCUT2D eigenvalue weighted by molar-refractivity contribution is 5.97. The fourth-order valence-electron chi connectivity index (χ4n) is 3.75. The second-order valence-corrected chi connectivity index (χ2v) is 8.04. The van der Waals surface area contributed by atoms with E-state index in [1.165, 1.54) is 0 Å². The molecular formula is C22H31N3O4. The average Bonchev–Trinajstić information content (AvgIpc) is 3.57. The van der Waals surface area contributed by atoms with Crippen LogP contribution in [0.1, 0.15) is 41.6 Å². The van der Waals surface area contributed by atoms with Gasteiger partial charge in [0.1, 0.15) is 6.04 Å². The van der Waals surface area contributed by atoms with Crippen molar-refractivity contribution in [2.45, 2.75) is 38.6 Å². The van der Waals surface area contributed by atoms with Crippen molar-refractivity contribution in [2.75, 3.05) is 33.4 Å². The topological polar surface area (TPSA) is 87.7 Å². The molecule has 1 saturated heterocycles. The molecule has 1 saturated carbocycles. The van der Waals surface area contributed by atoms with E-state index < -0.39 is 6.04 Å². The molecule has 1 aromatic carbocycles. The highest BCUT2D eigenvalue weighted by Crippen LogP contribution is 2.33. The smallest absolute Gasteiger partial charge is 0.251 e. The molecule has 3 amide bonds. The summed E-state index contributed by atoms with van der Waals surface area (Å²) in [5, 5.41) is 5.78. The molecule has 2 aliphatic rings. The van der Waals surface area contributed by atoms with Crippen molar-refractivity contribution in [1.29, 1.82) is 0 Å². The van der Waals surface area contributed by atoms with E-state index in [1.807, 2.05) is 24.0 Å². The summed E-state index contributed by atoms with van der Waals surface area (Å²) in [6, 6.07) is 6.66. The van der Waals surface area contributed by atoms with E-state index in [2.05, 4.69) is 10.6 Å². The number of nitrogens with zero attached hydrogens (tertiary/aromatic N) is 1. The van der Waals surface area contributed by atoms with Crippen LogP contribution in [0.3, 0.4) is 0 Å². The molecule has 1 unspecified atom stereocenters. The third-order valence-electron chi connectivity index (χ3n) is 5.74. The Morgan fingerprint density at radius 3 is 2.34 bits per heavy atom. The summed E-state index contributed by atoms with van der Waals surface area (Å²) in [5.41, 5.74) is 1.61. The molecule has 1 aromatic rings. The molecule has 0 spiro atoms. The molecule has 2 N–H and O–H groups in total. The van der Waals surface area contributed by atoms with Crippen LogP contribution in [-0.4, -0.2) is 62.0 Å². The van der Waals surface area contributed by atoms with Crippen LogP contribution in [0.2, 0.25) is 0 Å². The predicted octanol–water partition coefficient (Wildman–Crippen LogP) is 1.50. The lowest BCUT2D eigenvalue weighted by atomic mass is 9.88. The summed E-state index contributed by atoms with van der Waals surface area (Å²) in [4.78, 5) is 39.8. The zero-order valence-corrected chi connectivity index (χ0v) is 17.3. The number of methoxy groups -OCH3 is 1. The Hall–Kier alpha value is -2.41. The summed E-state index contributed by atoms with van der Waals surface area (Å²) in [6.07, 6.45) is 3.40. The highest BCUT2D eigenvalue weighted by Gasteiger charge is 2.38. The van der Waals surface area contributed by atoms with Crippen molar-refractivity contribution in [3.8, 4) is 0 Å². The van der Waals surface area contributed by atoms with Gasteiger partial charge in [0, 0.05) is 38.2 Å². The van der Waals surface area contributed by atoms with E-state index in [-0.39, 0.29) is 29.6 Å². The van der Waals surface area contributed by atoms with Gasteiger partial charge >= 0.3 is 0 Å². The Kier molecular flexibility index (Phi) is 7.25. The fraction of sp³-hybridized carbons (Fsp3) is 0.591. The Balaban J connectivity index is 1.64. The van der Waals surface area contributed by atoms with E-state index >= 15 is 0 Å². The summed E-state index contributed by atoms with van der Waals surface area (Å²) >= 11 is 0. The zero-order chi connectivity index (χ0) is 20.8. The molecule has 1 atom stereocenters. The minimum atomic E-state index is -0.626. The van der Waals surface area contributed by atoms with Crippen LogP contribution in [0.15, 0.2) is 24.3 Å². The maximum Gasteiger partial charge on any atom is 0.251 e. The quantitative estimate of drug-likeness (QED) is 0.647. The van der Waals surface area contributed by atoms with Crippen molar-refractivity contribution in [1.82, 2.24) is 15.5 Å². The molecule has 1 aliphatic carbocycles. The van der Waals surface area contributed by atoms with Gasteiger partial charge in [-0.05, 0) is 50.7 Å². The molecular weight excluding hydrogens is 370 g/mol. The number of nitrogens with one attached hydrogen (secondary N) is 2. The van der Waals surface area contributed by atoms with E-state index in [0.717, 1.165) is 18.4 Å². The summed E-state index contributed by atoms with van der Waals surface area (Å²) < 4.78 is 5.00. The first-order valence-corrected chi connectivity index (χ1v) is 10.4. The van der Waals surface area contributed by atoms with Crippen LogP contribution in [0.25, 0.3) is 0 Å². The number of hydrogen-bond donors (Lipinski definition) is 2. The van der Waals surface area contributed by atoms with E-state index in [1.54, 1.807) is 19.2 Å². The third-order valence-corrected chi connectivity index (χ3v) is 5.74. The lowest BCUT2D eigenvalue weighted by Crippen LogP contribution is -2.54. The highest BCUT2D eigenvalue weighted by atomic mass is 16.5. The maximum atomic E-state index is 12.8. The van der Waals surface area contributed by atoms with Crippen molar-refractivity contribution >= 4 is 17.7 Å². The maximum absolute atomic E-state index is 12.8. The number of amides is 3. The molecule has 0 radical (unpaired) electrons. The van der Waals surface area contributed by atoms with Crippen LogP contribution in [0, 0.1) is 18.8 Å². The van der Waals surface area contributed by atoms with Crippen molar-refractivity contribution in [3.63, 3.8) is 0 Å². The predicted molar refractivity (Wildman–Crippen MR) is 109 cm³/mol. The molecule has 0 aromatic heterocycles. The van der Waals surface area contributed by atoms with Crippen molar-refractivity contribution < 1.29 is 19.1 Å². The monoisotopic (exact) mass is 401 g/mol. The molecule has 0 bridgehead atoms. The molecule has 1 heterocycles. The Bertz CT molecular complexity index is 722. The molecule has 7 heteroatoms. The Morgan fingerprint density at radius 1 is 1.10 bits per heavy atom. The first kappa shape index (κ1) is 21.3. The van der Waals surface area contributed by atoms with E-state index in [4.69, 9.17) is 4.74 Å². The largest absolute Gasteiger partial charge is 0.383 e. The lowest BCUT2D eigenvalue weighted by molar-refractivity contribution is -0.134. The first-order chi connectivity index (χ1) is 14.0. The summed E-state index contributed by atoms with van der Waals surface area (Å²) in [5.74, 6) is -0.00720. The zero-order valence-electron chi connectivity index (χ0n) is 17.3. The number of likely N-dealkylation sites (tertiary alicyclic amines) is 1. The molecule has 1 aliphatic heterocycles. The van der Waals surface area contributed by atoms with Gasteiger partial charge in [0.05, 0.1) is 6.61 Å². The standard InChI is InChI=1S/C22H31N3O4/c1-15-3-5-17(6-4-15)20(26)24-19(21(27)23-11-14-29-2)16-9-12-25(13-10-16)22(28)18-7-8-18/h3-6,16,18-19H,7-14H2,1-2H3,(H,23,27)(H,24,26). The summed E-state index contributed by atoms with van der Waals surface area (Å²) in [6.45, 7) is 4.05. The number of ether oxygens (including phenoxy) is 1.